The Kier molecular flexibility index (Phi) is 9.88. The zero-order valence-corrected chi connectivity index (χ0v) is 22.9. The van der Waals surface area contributed by atoms with Gasteiger partial charge in [-0.2, -0.15) is 10.5 Å². The zero-order valence-electron chi connectivity index (χ0n) is 21.4. The van der Waals surface area contributed by atoms with Crippen LogP contribution in [0.15, 0.2) is 36.4 Å². The van der Waals surface area contributed by atoms with E-state index in [1.165, 1.54) is 0 Å². The molecule has 10 heteroatoms. The minimum Gasteiger partial charge on any atom is -0.444 e. The number of halogens is 2. The molecular weight excluding hydrogens is 511 g/mol. The van der Waals surface area contributed by atoms with E-state index in [0.29, 0.717) is 47.4 Å². The second-order valence-electron chi connectivity index (χ2n) is 9.74. The van der Waals surface area contributed by atoms with Crippen molar-refractivity contribution < 1.29 is 9.53 Å². The Morgan fingerprint density at radius 3 is 1.73 bits per heavy atom. The van der Waals surface area contributed by atoms with Crippen molar-refractivity contribution >= 4 is 40.7 Å². The topological polar surface area (TPSA) is 95.6 Å². The molecule has 2 aromatic carbocycles. The molecule has 2 aromatic rings. The minimum absolute atomic E-state index is 0.288. The lowest BCUT2D eigenvalue weighted by Gasteiger charge is -2.37. The predicted octanol–water partition coefficient (Wildman–Crippen LogP) is 4.89. The first kappa shape index (κ1) is 28.4. The van der Waals surface area contributed by atoms with Crippen LogP contribution >= 0.6 is 23.2 Å². The van der Waals surface area contributed by atoms with Crippen LogP contribution in [-0.2, 0) is 4.74 Å². The number of carbonyl (C=O) groups excluding carboxylic acids is 1. The molecule has 0 radical (unpaired) electrons. The fraction of sp³-hybridized carbons (Fsp3) is 0.444. The smallest absolute Gasteiger partial charge is 0.410 e. The maximum Gasteiger partial charge on any atom is 0.410 e. The van der Waals surface area contributed by atoms with Gasteiger partial charge in [0.05, 0.1) is 22.5 Å². The lowest BCUT2D eigenvalue weighted by Crippen LogP contribution is -2.50. The standard InChI is InChI=1S/C16H20ClN3O2.C11H12ClN3/c1-16(2,3)22-15(21)20-8-6-19(7-9-20)14-5-4-13(17)10-12(14)11-18;12-10-1-2-11(9(7-10)8-13)15-5-3-14-4-6-15/h4-5,10H,6-9H2,1-3H3;1-2,7,14H,3-6H2. The van der Waals surface area contributed by atoms with Gasteiger partial charge in [-0.3, -0.25) is 0 Å². The van der Waals surface area contributed by atoms with Crippen LogP contribution in [0.5, 0.6) is 0 Å². The lowest BCUT2D eigenvalue weighted by atomic mass is 10.1. The summed E-state index contributed by atoms with van der Waals surface area (Å²) in [5, 5.41) is 22.7. The van der Waals surface area contributed by atoms with Gasteiger partial charge in [0.25, 0.3) is 0 Å². The first-order valence-corrected chi connectivity index (χ1v) is 12.9. The largest absolute Gasteiger partial charge is 0.444 e. The summed E-state index contributed by atoms with van der Waals surface area (Å²) < 4.78 is 5.38. The second-order valence-corrected chi connectivity index (χ2v) is 10.6. The van der Waals surface area contributed by atoms with E-state index in [-0.39, 0.29) is 6.09 Å². The van der Waals surface area contributed by atoms with Crippen LogP contribution in [0, 0.1) is 22.7 Å². The van der Waals surface area contributed by atoms with Crippen molar-refractivity contribution in [1.82, 2.24) is 10.2 Å². The molecule has 0 bridgehead atoms. The normalized spacial score (nSPS) is 15.7. The zero-order chi connectivity index (χ0) is 27.0. The number of ether oxygens (including phenoxy) is 1. The fourth-order valence-corrected chi connectivity index (χ4v) is 4.45. The Balaban J connectivity index is 0.000000220. The predicted molar refractivity (Wildman–Crippen MR) is 147 cm³/mol. The molecular formula is C27H32Cl2N6O2. The molecule has 2 aliphatic heterocycles. The highest BCUT2D eigenvalue weighted by Gasteiger charge is 2.26. The number of hydrogen-bond acceptors (Lipinski definition) is 7. The van der Waals surface area contributed by atoms with Crippen LogP contribution in [0.1, 0.15) is 31.9 Å². The third kappa shape index (κ3) is 8.16. The molecule has 0 atom stereocenters. The monoisotopic (exact) mass is 542 g/mol. The summed E-state index contributed by atoms with van der Waals surface area (Å²) in [6.45, 7) is 11.8. The van der Waals surface area contributed by atoms with E-state index < -0.39 is 5.60 Å². The van der Waals surface area contributed by atoms with Gasteiger partial charge in [-0.1, -0.05) is 23.2 Å². The average molecular weight is 543 g/mol. The molecule has 1 amide bonds. The maximum atomic E-state index is 12.0. The van der Waals surface area contributed by atoms with Crippen LogP contribution in [-0.4, -0.2) is 69.0 Å². The van der Waals surface area contributed by atoms with Crippen molar-refractivity contribution in [1.29, 1.82) is 10.5 Å². The number of amides is 1. The molecule has 1 N–H and O–H groups in total. The number of rotatable bonds is 2. The number of hydrogen-bond donors (Lipinski definition) is 1. The van der Waals surface area contributed by atoms with E-state index in [0.717, 1.165) is 37.6 Å². The van der Waals surface area contributed by atoms with E-state index in [2.05, 4.69) is 27.3 Å². The third-order valence-electron chi connectivity index (χ3n) is 5.89. The maximum absolute atomic E-state index is 12.0. The quantitative estimate of drug-likeness (QED) is 0.576. The van der Waals surface area contributed by atoms with Gasteiger partial charge in [-0.05, 0) is 57.2 Å². The molecule has 2 heterocycles. The van der Waals surface area contributed by atoms with Crippen molar-refractivity contribution in [2.75, 3.05) is 62.2 Å². The molecule has 0 spiro atoms. The number of anilines is 2. The van der Waals surface area contributed by atoms with Crippen molar-refractivity contribution in [3.8, 4) is 12.1 Å². The first-order valence-electron chi connectivity index (χ1n) is 12.2. The van der Waals surface area contributed by atoms with Crippen LogP contribution in [0.2, 0.25) is 10.0 Å². The Hall–Kier alpha value is -3.17. The first-order chi connectivity index (χ1) is 17.6. The van der Waals surface area contributed by atoms with Gasteiger partial charge in [-0.15, -0.1) is 0 Å². The molecule has 0 aromatic heterocycles. The highest BCUT2D eigenvalue weighted by molar-refractivity contribution is 6.31. The number of benzene rings is 2. The van der Waals surface area contributed by atoms with E-state index in [4.69, 9.17) is 33.2 Å². The van der Waals surface area contributed by atoms with Crippen molar-refractivity contribution in [3.05, 3.63) is 57.6 Å². The summed E-state index contributed by atoms with van der Waals surface area (Å²) >= 11 is 11.8. The molecule has 196 valence electrons. The van der Waals surface area contributed by atoms with Crippen molar-refractivity contribution in [2.24, 2.45) is 0 Å². The summed E-state index contributed by atoms with van der Waals surface area (Å²) in [5.41, 5.74) is 2.57. The molecule has 2 saturated heterocycles. The van der Waals surface area contributed by atoms with Gasteiger partial charge in [0.2, 0.25) is 0 Å². The lowest BCUT2D eigenvalue weighted by molar-refractivity contribution is 0.0240. The Bertz CT molecular complexity index is 1170. The van der Waals surface area contributed by atoms with Gasteiger partial charge in [0.1, 0.15) is 17.7 Å². The van der Waals surface area contributed by atoms with Gasteiger partial charge >= 0.3 is 6.09 Å². The van der Waals surface area contributed by atoms with Gasteiger partial charge < -0.3 is 24.8 Å². The van der Waals surface area contributed by atoms with Crippen LogP contribution in [0.25, 0.3) is 0 Å². The fourth-order valence-electron chi connectivity index (χ4n) is 4.11. The molecule has 0 unspecified atom stereocenters. The number of nitriles is 2. The van der Waals surface area contributed by atoms with Gasteiger partial charge in [0.15, 0.2) is 0 Å². The number of carbonyl (C=O) groups is 1. The highest BCUT2D eigenvalue weighted by Crippen LogP contribution is 2.26. The van der Waals surface area contributed by atoms with Crippen molar-refractivity contribution in [3.63, 3.8) is 0 Å². The highest BCUT2D eigenvalue weighted by atomic mass is 35.5. The van der Waals surface area contributed by atoms with Crippen LogP contribution in [0.3, 0.4) is 0 Å². The third-order valence-corrected chi connectivity index (χ3v) is 6.36. The number of piperazine rings is 2. The van der Waals surface area contributed by atoms with E-state index in [1.54, 1.807) is 23.1 Å². The Labute approximate surface area is 228 Å². The number of nitrogens with one attached hydrogen (secondary N) is 1. The van der Waals surface area contributed by atoms with Gasteiger partial charge in [0, 0.05) is 62.4 Å². The molecule has 0 aliphatic carbocycles. The molecule has 2 aliphatic rings. The summed E-state index contributed by atoms with van der Waals surface area (Å²) in [6, 6.07) is 15.1. The molecule has 4 rings (SSSR count). The van der Waals surface area contributed by atoms with E-state index >= 15 is 0 Å². The summed E-state index contributed by atoms with van der Waals surface area (Å²) in [7, 11) is 0. The molecule has 37 heavy (non-hydrogen) atoms. The minimum atomic E-state index is -0.488. The summed E-state index contributed by atoms with van der Waals surface area (Å²) in [6.07, 6.45) is -0.288. The second kappa shape index (κ2) is 12.9. The van der Waals surface area contributed by atoms with Crippen LogP contribution in [0.4, 0.5) is 16.2 Å². The molecule has 0 saturated carbocycles. The summed E-state index contributed by atoms with van der Waals surface area (Å²) in [4.78, 5) is 18.0. The van der Waals surface area contributed by atoms with Crippen molar-refractivity contribution in [2.45, 2.75) is 26.4 Å². The Morgan fingerprint density at radius 2 is 1.30 bits per heavy atom. The summed E-state index contributed by atoms with van der Waals surface area (Å²) in [5.74, 6) is 0. The van der Waals surface area contributed by atoms with Gasteiger partial charge in [-0.25, -0.2) is 4.79 Å². The van der Waals surface area contributed by atoms with E-state index in [1.807, 2.05) is 39.0 Å². The SMILES string of the molecule is CC(C)(C)OC(=O)N1CCN(c2ccc(Cl)cc2C#N)CC1.N#Cc1cc(Cl)ccc1N1CCNCC1. The molecule has 2 fully saturated rings. The average Bonchev–Trinajstić information content (AvgIpc) is 2.88. The number of nitrogens with zero attached hydrogens (tertiary/aromatic N) is 5. The molecule has 8 nitrogen and oxygen atoms in total. The van der Waals surface area contributed by atoms with E-state index in [9.17, 15) is 10.1 Å². The van der Waals surface area contributed by atoms with Crippen LogP contribution < -0.4 is 15.1 Å². The Morgan fingerprint density at radius 1 is 0.838 bits per heavy atom.